The van der Waals surface area contributed by atoms with Crippen molar-refractivity contribution in [2.24, 2.45) is 0 Å². The first-order valence-electron chi connectivity index (χ1n) is 10.6. The van der Waals surface area contributed by atoms with Gasteiger partial charge in [-0.3, -0.25) is 14.9 Å². The highest BCUT2D eigenvalue weighted by Gasteiger charge is 2.17. The maximum atomic E-state index is 12.7. The molecule has 182 valence electrons. The molecule has 0 bridgehead atoms. The fourth-order valence-corrected chi connectivity index (χ4v) is 3.71. The van der Waals surface area contributed by atoms with Crippen molar-refractivity contribution >= 4 is 68.1 Å². The zero-order valence-corrected chi connectivity index (χ0v) is 22.1. The molecule has 10 heteroatoms. The first kappa shape index (κ1) is 26.5. The predicted molar refractivity (Wildman–Crippen MR) is 146 cm³/mol. The Morgan fingerprint density at radius 2 is 1.66 bits per heavy atom. The minimum absolute atomic E-state index is 0.121. The Hall–Kier alpha value is -3.14. The quantitative estimate of drug-likeness (QED) is 0.284. The van der Waals surface area contributed by atoms with Crippen LogP contribution in [0.1, 0.15) is 24.2 Å². The van der Waals surface area contributed by atoms with Gasteiger partial charge >= 0.3 is 0 Å². The molecule has 3 rings (SSSR count). The molecule has 0 aliphatic rings. The van der Waals surface area contributed by atoms with Crippen LogP contribution in [-0.2, 0) is 4.79 Å². The summed E-state index contributed by atoms with van der Waals surface area (Å²) < 4.78 is 11.9. The van der Waals surface area contributed by atoms with Crippen molar-refractivity contribution in [3.63, 3.8) is 0 Å². The monoisotopic (exact) mass is 575 g/mol. The standard InChI is InChI=1S/C25H23BrClN3O4S/c1-3-33-21-13-8-16(26)14-19(21)24(32)30-25(35)29-18-11-9-17(10-12-18)28-23(31)15(2)34-22-7-5-4-6-20(22)27/h4-15H,3H2,1-2H3,(H,28,31)(H2,29,30,32,35). The van der Waals surface area contributed by atoms with Crippen molar-refractivity contribution in [2.45, 2.75) is 20.0 Å². The molecule has 0 fully saturated rings. The summed E-state index contributed by atoms with van der Waals surface area (Å²) >= 11 is 14.7. The van der Waals surface area contributed by atoms with Crippen molar-refractivity contribution < 1.29 is 19.1 Å². The average molecular weight is 577 g/mol. The van der Waals surface area contributed by atoms with E-state index in [-0.39, 0.29) is 11.0 Å². The van der Waals surface area contributed by atoms with E-state index in [0.717, 1.165) is 4.47 Å². The molecule has 7 nitrogen and oxygen atoms in total. The van der Waals surface area contributed by atoms with Crippen LogP contribution in [0, 0.1) is 0 Å². The lowest BCUT2D eigenvalue weighted by molar-refractivity contribution is -0.122. The van der Waals surface area contributed by atoms with Crippen molar-refractivity contribution in [2.75, 3.05) is 17.2 Å². The predicted octanol–water partition coefficient (Wildman–Crippen LogP) is 6.03. The van der Waals surface area contributed by atoms with Gasteiger partial charge < -0.3 is 20.1 Å². The van der Waals surface area contributed by atoms with Gasteiger partial charge in [0, 0.05) is 15.8 Å². The van der Waals surface area contributed by atoms with Gasteiger partial charge in [-0.2, -0.15) is 0 Å². The molecule has 0 aliphatic carbocycles. The summed E-state index contributed by atoms with van der Waals surface area (Å²) in [6.45, 7) is 3.91. The van der Waals surface area contributed by atoms with Gasteiger partial charge in [-0.1, -0.05) is 39.7 Å². The molecule has 0 saturated heterocycles. The van der Waals surface area contributed by atoms with E-state index >= 15 is 0 Å². The number of hydrogen-bond acceptors (Lipinski definition) is 5. The van der Waals surface area contributed by atoms with Gasteiger partial charge in [0.2, 0.25) is 0 Å². The number of thiocarbonyl (C=S) groups is 1. The molecule has 0 heterocycles. The van der Waals surface area contributed by atoms with Crippen LogP contribution < -0.4 is 25.4 Å². The first-order chi connectivity index (χ1) is 16.8. The minimum atomic E-state index is -0.755. The molecule has 35 heavy (non-hydrogen) atoms. The van der Waals surface area contributed by atoms with Crippen LogP contribution in [0.5, 0.6) is 11.5 Å². The third-order valence-electron chi connectivity index (χ3n) is 4.63. The molecule has 1 atom stereocenters. The Bertz CT molecular complexity index is 1220. The lowest BCUT2D eigenvalue weighted by atomic mass is 10.2. The van der Waals surface area contributed by atoms with E-state index in [1.54, 1.807) is 73.7 Å². The number of hydrogen-bond donors (Lipinski definition) is 3. The fourth-order valence-electron chi connectivity index (χ4n) is 2.96. The van der Waals surface area contributed by atoms with Crippen LogP contribution in [-0.4, -0.2) is 29.6 Å². The van der Waals surface area contributed by atoms with E-state index < -0.39 is 12.0 Å². The zero-order chi connectivity index (χ0) is 25.4. The van der Waals surface area contributed by atoms with E-state index in [1.807, 2.05) is 6.92 Å². The number of carbonyl (C=O) groups is 2. The van der Waals surface area contributed by atoms with E-state index in [2.05, 4.69) is 31.9 Å². The molecule has 0 aromatic heterocycles. The summed E-state index contributed by atoms with van der Waals surface area (Å²) in [6.07, 6.45) is -0.755. The molecule has 0 spiro atoms. The van der Waals surface area contributed by atoms with E-state index in [4.69, 9.17) is 33.3 Å². The molecule has 0 saturated carbocycles. The van der Waals surface area contributed by atoms with Crippen molar-refractivity contribution in [1.82, 2.24) is 5.32 Å². The third-order valence-corrected chi connectivity index (χ3v) is 5.64. The number of para-hydroxylation sites is 1. The lowest BCUT2D eigenvalue weighted by Crippen LogP contribution is -2.34. The average Bonchev–Trinajstić information content (AvgIpc) is 2.83. The number of halogens is 2. The zero-order valence-electron chi connectivity index (χ0n) is 18.9. The molecule has 0 aliphatic heterocycles. The molecule has 3 N–H and O–H groups in total. The Balaban J connectivity index is 1.55. The van der Waals surface area contributed by atoms with Gasteiger partial charge in [-0.15, -0.1) is 0 Å². The number of amides is 2. The third kappa shape index (κ3) is 7.68. The van der Waals surface area contributed by atoms with Crippen molar-refractivity contribution in [1.29, 1.82) is 0 Å². The number of anilines is 2. The fraction of sp³-hybridized carbons (Fsp3) is 0.160. The SMILES string of the molecule is CCOc1ccc(Br)cc1C(=O)NC(=S)Nc1ccc(NC(=O)C(C)Oc2ccccc2Cl)cc1. The minimum Gasteiger partial charge on any atom is -0.493 e. The summed E-state index contributed by atoms with van der Waals surface area (Å²) in [5, 5.41) is 8.92. The number of nitrogens with one attached hydrogen (secondary N) is 3. The summed E-state index contributed by atoms with van der Waals surface area (Å²) in [4.78, 5) is 25.1. The van der Waals surface area contributed by atoms with E-state index in [1.165, 1.54) is 0 Å². The lowest BCUT2D eigenvalue weighted by Gasteiger charge is -2.16. The van der Waals surface area contributed by atoms with Crippen LogP contribution in [0.2, 0.25) is 5.02 Å². The van der Waals surface area contributed by atoms with Gasteiger partial charge in [0.05, 0.1) is 17.2 Å². The maximum absolute atomic E-state index is 12.7. The summed E-state index contributed by atoms with van der Waals surface area (Å²) in [5.74, 6) is 0.170. The van der Waals surface area contributed by atoms with E-state index in [0.29, 0.717) is 40.1 Å². The highest BCUT2D eigenvalue weighted by atomic mass is 79.9. The van der Waals surface area contributed by atoms with E-state index in [9.17, 15) is 9.59 Å². The number of benzene rings is 3. The molecular weight excluding hydrogens is 554 g/mol. The van der Waals surface area contributed by atoms with Crippen LogP contribution in [0.3, 0.4) is 0 Å². The number of rotatable bonds is 8. The van der Waals surface area contributed by atoms with Crippen LogP contribution in [0.4, 0.5) is 11.4 Å². The highest BCUT2D eigenvalue weighted by molar-refractivity contribution is 9.10. The van der Waals surface area contributed by atoms with Crippen LogP contribution in [0.15, 0.2) is 71.2 Å². The molecular formula is C25H23BrClN3O4S. The van der Waals surface area contributed by atoms with Gasteiger partial charge in [0.15, 0.2) is 11.2 Å². The Morgan fingerprint density at radius 3 is 2.31 bits per heavy atom. The van der Waals surface area contributed by atoms with Crippen molar-refractivity contribution in [3.05, 3.63) is 81.8 Å². The maximum Gasteiger partial charge on any atom is 0.265 e. The normalized spacial score (nSPS) is 11.2. The summed E-state index contributed by atoms with van der Waals surface area (Å²) in [5.41, 5.74) is 1.56. The summed E-state index contributed by atoms with van der Waals surface area (Å²) in [6, 6.07) is 19.0. The topological polar surface area (TPSA) is 88.7 Å². The molecule has 0 radical (unpaired) electrons. The van der Waals surface area contributed by atoms with Gasteiger partial charge in [-0.05, 0) is 80.7 Å². The van der Waals surface area contributed by atoms with Crippen molar-refractivity contribution in [3.8, 4) is 11.5 Å². The second-order valence-electron chi connectivity index (χ2n) is 7.24. The Morgan fingerprint density at radius 1 is 1.00 bits per heavy atom. The number of ether oxygens (including phenoxy) is 2. The molecule has 1 unspecified atom stereocenters. The highest BCUT2D eigenvalue weighted by Crippen LogP contribution is 2.25. The second-order valence-corrected chi connectivity index (χ2v) is 8.97. The van der Waals surface area contributed by atoms with Crippen LogP contribution in [0.25, 0.3) is 0 Å². The molecule has 3 aromatic carbocycles. The smallest absolute Gasteiger partial charge is 0.265 e. The summed E-state index contributed by atoms with van der Waals surface area (Å²) in [7, 11) is 0. The molecule has 3 aromatic rings. The number of carbonyl (C=O) groups excluding carboxylic acids is 2. The van der Waals surface area contributed by atoms with Gasteiger partial charge in [0.25, 0.3) is 11.8 Å². The molecule has 2 amide bonds. The van der Waals surface area contributed by atoms with Gasteiger partial charge in [-0.25, -0.2) is 0 Å². The first-order valence-corrected chi connectivity index (χ1v) is 12.2. The van der Waals surface area contributed by atoms with Crippen LogP contribution >= 0.6 is 39.7 Å². The largest absolute Gasteiger partial charge is 0.493 e. The van der Waals surface area contributed by atoms with Gasteiger partial charge in [0.1, 0.15) is 11.5 Å². The second kappa shape index (κ2) is 12.5. The Labute approximate surface area is 222 Å². The Kier molecular flexibility index (Phi) is 9.47.